The fraction of sp³-hybridized carbons (Fsp3) is 0.667. The number of nitrogens with one attached hydrogen (secondary N) is 1. The Bertz CT molecular complexity index is 589. The molecular weight excluding hydrogens is 314 g/mol. The van der Waals surface area contributed by atoms with Crippen molar-refractivity contribution in [1.29, 1.82) is 0 Å². The van der Waals surface area contributed by atoms with Crippen molar-refractivity contribution in [3.63, 3.8) is 0 Å². The summed E-state index contributed by atoms with van der Waals surface area (Å²) < 4.78 is 11.7. The third-order valence-electron chi connectivity index (χ3n) is 6.34. The normalized spacial score (nSPS) is 33.9. The van der Waals surface area contributed by atoms with Crippen LogP contribution in [0, 0.1) is 17.8 Å². The average molecular weight is 343 g/mol. The Morgan fingerprint density at radius 2 is 1.68 bits per heavy atom. The number of carbonyl (C=O) groups excluding carboxylic acids is 1. The van der Waals surface area contributed by atoms with Crippen LogP contribution >= 0.6 is 0 Å². The van der Waals surface area contributed by atoms with Gasteiger partial charge < -0.3 is 14.8 Å². The molecule has 4 saturated carbocycles. The maximum atomic E-state index is 12.3. The van der Waals surface area contributed by atoms with Gasteiger partial charge in [-0.3, -0.25) is 4.79 Å². The van der Waals surface area contributed by atoms with Crippen LogP contribution in [0.2, 0.25) is 0 Å². The molecule has 25 heavy (non-hydrogen) atoms. The quantitative estimate of drug-likeness (QED) is 0.855. The Labute approximate surface area is 150 Å². The summed E-state index contributed by atoms with van der Waals surface area (Å²) in [5, 5.41) is 3.01. The third kappa shape index (κ3) is 3.55. The Kier molecular flexibility index (Phi) is 4.48. The Hall–Kier alpha value is -1.55. The second-order valence-corrected chi connectivity index (χ2v) is 8.47. The van der Waals surface area contributed by atoms with Gasteiger partial charge in [-0.2, -0.15) is 0 Å². The molecule has 4 heteroatoms. The van der Waals surface area contributed by atoms with Crippen LogP contribution in [-0.4, -0.2) is 31.3 Å². The van der Waals surface area contributed by atoms with E-state index in [1.54, 1.807) is 19.2 Å². The number of hydrogen-bond acceptors (Lipinski definition) is 3. The number of ether oxygens (including phenoxy) is 2. The van der Waals surface area contributed by atoms with Gasteiger partial charge in [-0.1, -0.05) is 0 Å². The highest BCUT2D eigenvalue weighted by Gasteiger charge is 2.52. The molecule has 0 heterocycles. The molecule has 1 unspecified atom stereocenters. The molecule has 0 spiro atoms. The molecule has 1 N–H and O–H groups in total. The fourth-order valence-electron chi connectivity index (χ4n) is 5.72. The number of rotatable bonds is 6. The predicted molar refractivity (Wildman–Crippen MR) is 96.8 cm³/mol. The maximum absolute atomic E-state index is 12.3. The highest BCUT2D eigenvalue weighted by Crippen LogP contribution is 2.57. The van der Waals surface area contributed by atoms with Crippen molar-refractivity contribution in [2.24, 2.45) is 17.8 Å². The first-order chi connectivity index (χ1) is 12.0. The van der Waals surface area contributed by atoms with Gasteiger partial charge in [0.1, 0.15) is 5.75 Å². The number of hydrogen-bond donors (Lipinski definition) is 1. The van der Waals surface area contributed by atoms with Gasteiger partial charge in [0.15, 0.2) is 0 Å². The van der Waals surface area contributed by atoms with E-state index in [4.69, 9.17) is 9.47 Å². The Morgan fingerprint density at radius 3 is 2.20 bits per heavy atom. The van der Waals surface area contributed by atoms with Crippen molar-refractivity contribution in [2.75, 3.05) is 13.7 Å². The number of carbonyl (C=O) groups is 1. The second kappa shape index (κ2) is 6.64. The van der Waals surface area contributed by atoms with Crippen LogP contribution in [0.15, 0.2) is 24.3 Å². The molecule has 4 aliphatic carbocycles. The van der Waals surface area contributed by atoms with Crippen LogP contribution in [0.5, 0.6) is 5.75 Å². The Balaban J connectivity index is 1.30. The molecule has 5 rings (SSSR count). The summed E-state index contributed by atoms with van der Waals surface area (Å²) in [6.45, 7) is 2.65. The Morgan fingerprint density at radius 1 is 1.12 bits per heavy atom. The summed E-state index contributed by atoms with van der Waals surface area (Å²) in [6.07, 6.45) is 8.02. The van der Waals surface area contributed by atoms with Crippen LogP contribution in [0.25, 0.3) is 0 Å². The lowest BCUT2D eigenvalue weighted by Gasteiger charge is -2.57. The standard InChI is InChI=1S/C21H29NO3/c1-14(13-22-20(23)18-3-5-19(24-2)6-4-18)25-21-10-15-7-16(11-21)9-17(8-15)12-21/h3-6,14-17H,7-13H2,1-2H3,(H,22,23). The van der Waals surface area contributed by atoms with Gasteiger partial charge in [0.05, 0.1) is 18.8 Å². The highest BCUT2D eigenvalue weighted by atomic mass is 16.5. The van der Waals surface area contributed by atoms with Gasteiger partial charge in [-0.05, 0) is 87.5 Å². The molecule has 1 atom stereocenters. The molecule has 0 aliphatic heterocycles. The van der Waals surface area contributed by atoms with Crippen LogP contribution in [0.1, 0.15) is 55.8 Å². The molecule has 4 fully saturated rings. The second-order valence-electron chi connectivity index (χ2n) is 8.47. The molecule has 136 valence electrons. The van der Waals surface area contributed by atoms with E-state index in [9.17, 15) is 4.79 Å². The van der Waals surface area contributed by atoms with E-state index in [1.807, 2.05) is 12.1 Å². The molecule has 1 amide bonds. The van der Waals surface area contributed by atoms with Crippen LogP contribution in [-0.2, 0) is 4.74 Å². The summed E-state index contributed by atoms with van der Waals surface area (Å²) >= 11 is 0. The minimum atomic E-state index is -0.0522. The van der Waals surface area contributed by atoms with E-state index in [-0.39, 0.29) is 17.6 Å². The molecule has 4 bridgehead atoms. The predicted octanol–water partition coefficient (Wildman–Crippen LogP) is 3.80. The zero-order valence-corrected chi connectivity index (χ0v) is 15.3. The minimum absolute atomic E-state index is 0.0522. The third-order valence-corrected chi connectivity index (χ3v) is 6.34. The molecule has 1 aromatic carbocycles. The maximum Gasteiger partial charge on any atom is 0.251 e. The van der Waals surface area contributed by atoms with Crippen molar-refractivity contribution in [1.82, 2.24) is 5.32 Å². The summed E-state index contributed by atoms with van der Waals surface area (Å²) in [7, 11) is 1.62. The number of amides is 1. The topological polar surface area (TPSA) is 47.6 Å². The summed E-state index contributed by atoms with van der Waals surface area (Å²) in [4.78, 5) is 12.3. The van der Waals surface area contributed by atoms with E-state index < -0.39 is 0 Å². The monoisotopic (exact) mass is 343 g/mol. The van der Waals surface area contributed by atoms with Gasteiger partial charge >= 0.3 is 0 Å². The van der Waals surface area contributed by atoms with E-state index in [0.717, 1.165) is 23.5 Å². The van der Waals surface area contributed by atoms with E-state index >= 15 is 0 Å². The summed E-state index contributed by atoms with van der Waals surface area (Å²) in [5.74, 6) is 3.35. The molecule has 0 aromatic heterocycles. The molecule has 4 nitrogen and oxygen atoms in total. The van der Waals surface area contributed by atoms with Crippen molar-refractivity contribution in [3.05, 3.63) is 29.8 Å². The molecular formula is C21H29NO3. The van der Waals surface area contributed by atoms with Gasteiger partial charge in [0, 0.05) is 12.1 Å². The molecule has 1 aromatic rings. The zero-order chi connectivity index (χ0) is 17.4. The molecule has 4 aliphatic rings. The first-order valence-electron chi connectivity index (χ1n) is 9.65. The first kappa shape index (κ1) is 16.9. The highest BCUT2D eigenvalue weighted by molar-refractivity contribution is 5.94. The molecule has 0 saturated heterocycles. The lowest BCUT2D eigenvalue weighted by Crippen LogP contribution is -2.53. The largest absolute Gasteiger partial charge is 0.497 e. The first-order valence-corrected chi connectivity index (χ1v) is 9.65. The van der Waals surface area contributed by atoms with Crippen molar-refractivity contribution in [3.8, 4) is 5.75 Å². The van der Waals surface area contributed by atoms with E-state index in [1.165, 1.54) is 38.5 Å². The summed E-state index contributed by atoms with van der Waals surface area (Å²) in [6, 6.07) is 7.20. The minimum Gasteiger partial charge on any atom is -0.497 e. The van der Waals surface area contributed by atoms with Crippen LogP contribution in [0.3, 0.4) is 0 Å². The SMILES string of the molecule is COc1ccc(C(=O)NCC(C)OC23CC4CC(CC(C4)C2)C3)cc1. The fourth-order valence-corrected chi connectivity index (χ4v) is 5.72. The van der Waals surface area contributed by atoms with Gasteiger partial charge in [-0.15, -0.1) is 0 Å². The van der Waals surface area contributed by atoms with Gasteiger partial charge in [-0.25, -0.2) is 0 Å². The van der Waals surface area contributed by atoms with Crippen LogP contribution in [0.4, 0.5) is 0 Å². The van der Waals surface area contributed by atoms with E-state index in [0.29, 0.717) is 12.1 Å². The van der Waals surface area contributed by atoms with Crippen molar-refractivity contribution in [2.45, 2.75) is 57.2 Å². The van der Waals surface area contributed by atoms with E-state index in [2.05, 4.69) is 12.2 Å². The zero-order valence-electron chi connectivity index (χ0n) is 15.3. The number of benzene rings is 1. The molecule has 0 radical (unpaired) electrons. The van der Waals surface area contributed by atoms with Crippen LogP contribution < -0.4 is 10.1 Å². The summed E-state index contributed by atoms with van der Waals surface area (Å²) in [5.41, 5.74) is 0.752. The lowest BCUT2D eigenvalue weighted by atomic mass is 9.54. The average Bonchev–Trinajstić information content (AvgIpc) is 2.58. The van der Waals surface area contributed by atoms with Gasteiger partial charge in [0.25, 0.3) is 5.91 Å². The lowest BCUT2D eigenvalue weighted by molar-refractivity contribution is -0.182. The smallest absolute Gasteiger partial charge is 0.251 e. The number of methoxy groups -OCH3 is 1. The van der Waals surface area contributed by atoms with Gasteiger partial charge in [0.2, 0.25) is 0 Å². The van der Waals surface area contributed by atoms with Crippen molar-refractivity contribution < 1.29 is 14.3 Å². The van der Waals surface area contributed by atoms with Crippen molar-refractivity contribution >= 4 is 5.91 Å².